The molecule has 1 aliphatic rings. The highest BCUT2D eigenvalue weighted by atomic mass is 35.5. The molecular formula is C17H21ClN2O2S. The van der Waals surface area contributed by atoms with Gasteiger partial charge in [0.1, 0.15) is 5.75 Å². The second-order valence-corrected chi connectivity index (χ2v) is 6.67. The van der Waals surface area contributed by atoms with Crippen LogP contribution in [0.1, 0.15) is 39.4 Å². The van der Waals surface area contributed by atoms with Gasteiger partial charge in [0.05, 0.1) is 17.7 Å². The summed E-state index contributed by atoms with van der Waals surface area (Å²) in [5, 5.41) is 2.91. The zero-order valence-electron chi connectivity index (χ0n) is 13.1. The van der Waals surface area contributed by atoms with Crippen molar-refractivity contribution in [1.82, 2.24) is 0 Å². The lowest BCUT2D eigenvalue weighted by molar-refractivity contribution is 0.103. The SMILES string of the molecule is COc1ccc(NC(=O)c2cc3c(s2)CCCCC3)cc1N.Cl. The van der Waals surface area contributed by atoms with E-state index in [0.29, 0.717) is 17.1 Å². The molecule has 1 aromatic carbocycles. The highest BCUT2D eigenvalue weighted by Crippen LogP contribution is 2.30. The number of thiophene rings is 1. The topological polar surface area (TPSA) is 64.3 Å². The number of nitrogen functional groups attached to an aromatic ring is 1. The van der Waals surface area contributed by atoms with Gasteiger partial charge in [0, 0.05) is 10.6 Å². The number of nitrogens with one attached hydrogen (secondary N) is 1. The summed E-state index contributed by atoms with van der Waals surface area (Å²) >= 11 is 1.62. The average molecular weight is 353 g/mol. The lowest BCUT2D eigenvalue weighted by Crippen LogP contribution is -2.10. The Labute approximate surface area is 146 Å². The van der Waals surface area contributed by atoms with Crippen molar-refractivity contribution < 1.29 is 9.53 Å². The summed E-state index contributed by atoms with van der Waals surface area (Å²) < 4.78 is 5.12. The van der Waals surface area contributed by atoms with Crippen LogP contribution in [0, 0.1) is 0 Å². The van der Waals surface area contributed by atoms with Crippen molar-refractivity contribution in [3.05, 3.63) is 39.6 Å². The molecule has 0 atom stereocenters. The zero-order valence-corrected chi connectivity index (χ0v) is 14.7. The highest BCUT2D eigenvalue weighted by molar-refractivity contribution is 7.14. The number of halogens is 1. The van der Waals surface area contributed by atoms with Crippen LogP contribution in [0.4, 0.5) is 11.4 Å². The molecule has 0 unspecified atom stereocenters. The first kappa shape index (κ1) is 17.6. The van der Waals surface area contributed by atoms with E-state index in [1.54, 1.807) is 36.6 Å². The number of nitrogens with two attached hydrogens (primary N) is 1. The van der Waals surface area contributed by atoms with Crippen molar-refractivity contribution in [2.75, 3.05) is 18.2 Å². The third-order valence-electron chi connectivity index (χ3n) is 3.96. The Morgan fingerprint density at radius 2 is 2.00 bits per heavy atom. The monoisotopic (exact) mass is 352 g/mol. The van der Waals surface area contributed by atoms with Gasteiger partial charge in [-0.3, -0.25) is 4.79 Å². The summed E-state index contributed by atoms with van der Waals surface area (Å²) in [7, 11) is 1.57. The number of carbonyl (C=O) groups excluding carboxylic acids is 1. The Morgan fingerprint density at radius 1 is 1.22 bits per heavy atom. The molecule has 3 rings (SSSR count). The Morgan fingerprint density at radius 3 is 2.74 bits per heavy atom. The summed E-state index contributed by atoms with van der Waals surface area (Å²) in [6, 6.07) is 7.32. The van der Waals surface area contributed by atoms with Crippen LogP contribution in [-0.2, 0) is 12.8 Å². The van der Waals surface area contributed by atoms with E-state index in [1.807, 2.05) is 6.07 Å². The number of methoxy groups -OCH3 is 1. The second-order valence-electron chi connectivity index (χ2n) is 5.53. The van der Waals surface area contributed by atoms with Gasteiger partial charge >= 0.3 is 0 Å². The first-order valence-electron chi connectivity index (χ1n) is 7.54. The second kappa shape index (κ2) is 7.70. The number of aryl methyl sites for hydroxylation is 2. The molecule has 1 amide bonds. The smallest absolute Gasteiger partial charge is 0.265 e. The number of benzene rings is 1. The largest absolute Gasteiger partial charge is 0.495 e. The van der Waals surface area contributed by atoms with Crippen LogP contribution in [-0.4, -0.2) is 13.0 Å². The van der Waals surface area contributed by atoms with Crippen molar-refractivity contribution >= 4 is 41.0 Å². The number of hydrogen-bond donors (Lipinski definition) is 2. The van der Waals surface area contributed by atoms with Crippen molar-refractivity contribution in [2.45, 2.75) is 32.1 Å². The molecule has 6 heteroatoms. The van der Waals surface area contributed by atoms with E-state index >= 15 is 0 Å². The molecule has 1 heterocycles. The molecule has 0 saturated heterocycles. The lowest BCUT2D eigenvalue weighted by atomic mass is 10.1. The summed E-state index contributed by atoms with van der Waals surface area (Å²) in [6.07, 6.45) is 5.93. The van der Waals surface area contributed by atoms with Crippen molar-refractivity contribution in [3.63, 3.8) is 0 Å². The number of fused-ring (bicyclic) bond motifs is 1. The van der Waals surface area contributed by atoms with Crippen LogP contribution in [0.2, 0.25) is 0 Å². The minimum absolute atomic E-state index is 0. The van der Waals surface area contributed by atoms with Gasteiger partial charge in [0.25, 0.3) is 5.91 Å². The Hall–Kier alpha value is -1.72. The molecule has 0 bridgehead atoms. The first-order chi connectivity index (χ1) is 10.7. The Balaban J connectivity index is 0.00000192. The molecule has 3 N–H and O–H groups in total. The van der Waals surface area contributed by atoms with Gasteiger partial charge in [0.15, 0.2) is 0 Å². The van der Waals surface area contributed by atoms with Gasteiger partial charge in [-0.1, -0.05) is 6.42 Å². The number of carbonyl (C=O) groups is 1. The fraction of sp³-hybridized carbons (Fsp3) is 0.353. The fourth-order valence-corrected chi connectivity index (χ4v) is 3.93. The summed E-state index contributed by atoms with van der Waals surface area (Å²) in [5.41, 5.74) is 8.42. The lowest BCUT2D eigenvalue weighted by Gasteiger charge is -2.08. The first-order valence-corrected chi connectivity index (χ1v) is 8.35. The molecule has 0 saturated carbocycles. The number of hydrogen-bond acceptors (Lipinski definition) is 4. The molecule has 0 radical (unpaired) electrons. The minimum atomic E-state index is -0.0670. The molecule has 0 aliphatic heterocycles. The van der Waals surface area contributed by atoms with Gasteiger partial charge in [-0.15, -0.1) is 23.7 Å². The van der Waals surface area contributed by atoms with E-state index in [9.17, 15) is 4.79 Å². The number of rotatable bonds is 3. The summed E-state index contributed by atoms with van der Waals surface area (Å²) in [5.74, 6) is 0.545. The van der Waals surface area contributed by atoms with E-state index < -0.39 is 0 Å². The molecule has 0 fully saturated rings. The van der Waals surface area contributed by atoms with E-state index in [4.69, 9.17) is 10.5 Å². The number of amides is 1. The summed E-state index contributed by atoms with van der Waals surface area (Å²) in [4.78, 5) is 14.6. The standard InChI is InChI=1S/C17H20N2O2S.ClH/c1-21-14-8-7-12(10-13(14)18)19-17(20)16-9-11-5-3-2-4-6-15(11)22-16;/h7-10H,2-6,18H2,1H3,(H,19,20);1H. The Bertz CT molecular complexity index is 676. The maximum Gasteiger partial charge on any atom is 0.265 e. The number of anilines is 2. The van der Waals surface area contributed by atoms with E-state index in [-0.39, 0.29) is 18.3 Å². The Kier molecular flexibility index (Phi) is 5.91. The number of ether oxygens (including phenoxy) is 1. The van der Waals surface area contributed by atoms with E-state index in [2.05, 4.69) is 5.32 Å². The predicted octanol–water partition coefficient (Wildman–Crippen LogP) is 4.28. The molecule has 1 aliphatic carbocycles. The molecule has 23 heavy (non-hydrogen) atoms. The highest BCUT2D eigenvalue weighted by Gasteiger charge is 2.16. The average Bonchev–Trinajstić information content (AvgIpc) is 2.79. The molecule has 124 valence electrons. The molecular weight excluding hydrogens is 332 g/mol. The minimum Gasteiger partial charge on any atom is -0.495 e. The normalized spacial score (nSPS) is 13.4. The van der Waals surface area contributed by atoms with Crippen LogP contribution >= 0.6 is 23.7 Å². The van der Waals surface area contributed by atoms with E-state index in [0.717, 1.165) is 17.7 Å². The molecule has 0 spiro atoms. The van der Waals surface area contributed by atoms with Gasteiger partial charge in [-0.05, 0) is 55.5 Å². The van der Waals surface area contributed by atoms with Crippen LogP contribution in [0.3, 0.4) is 0 Å². The van der Waals surface area contributed by atoms with Gasteiger partial charge in [-0.2, -0.15) is 0 Å². The predicted molar refractivity (Wildman–Crippen MR) is 98.2 cm³/mol. The fourth-order valence-electron chi connectivity index (χ4n) is 2.78. The third kappa shape index (κ3) is 3.98. The van der Waals surface area contributed by atoms with Crippen LogP contribution in [0.25, 0.3) is 0 Å². The maximum absolute atomic E-state index is 12.4. The van der Waals surface area contributed by atoms with Gasteiger partial charge < -0.3 is 15.8 Å². The van der Waals surface area contributed by atoms with Crippen molar-refractivity contribution in [2.24, 2.45) is 0 Å². The molecule has 2 aromatic rings. The van der Waals surface area contributed by atoms with Crippen LogP contribution in [0.15, 0.2) is 24.3 Å². The molecule has 4 nitrogen and oxygen atoms in total. The van der Waals surface area contributed by atoms with E-state index in [1.165, 1.54) is 29.7 Å². The molecule has 1 aromatic heterocycles. The van der Waals surface area contributed by atoms with Crippen LogP contribution < -0.4 is 15.8 Å². The quantitative estimate of drug-likeness (QED) is 0.640. The third-order valence-corrected chi connectivity index (χ3v) is 5.19. The van der Waals surface area contributed by atoms with Gasteiger partial charge in [-0.25, -0.2) is 0 Å². The van der Waals surface area contributed by atoms with Crippen molar-refractivity contribution in [3.8, 4) is 5.75 Å². The van der Waals surface area contributed by atoms with Gasteiger partial charge in [0.2, 0.25) is 0 Å². The van der Waals surface area contributed by atoms with Crippen LogP contribution in [0.5, 0.6) is 5.75 Å². The van der Waals surface area contributed by atoms with Crippen molar-refractivity contribution in [1.29, 1.82) is 0 Å². The maximum atomic E-state index is 12.4. The summed E-state index contributed by atoms with van der Waals surface area (Å²) in [6.45, 7) is 0. The zero-order chi connectivity index (χ0) is 15.5.